The Morgan fingerprint density at radius 1 is 1.27 bits per heavy atom. The lowest BCUT2D eigenvalue weighted by Gasteiger charge is -2.14. The molecule has 1 aromatic heterocycles. The van der Waals surface area contributed by atoms with Crippen LogP contribution < -0.4 is 20.1 Å². The van der Waals surface area contributed by atoms with Gasteiger partial charge in [0.05, 0.1) is 25.0 Å². The van der Waals surface area contributed by atoms with E-state index in [1.165, 1.54) is 0 Å². The van der Waals surface area contributed by atoms with E-state index in [4.69, 9.17) is 9.47 Å². The van der Waals surface area contributed by atoms with Crippen molar-refractivity contribution in [2.24, 2.45) is 13.0 Å². The van der Waals surface area contributed by atoms with E-state index in [1.807, 2.05) is 36.1 Å². The maximum Gasteiger partial charge on any atom is 0.161 e. The zero-order chi connectivity index (χ0) is 17.9. The minimum atomic E-state index is -0.266. The van der Waals surface area contributed by atoms with Crippen LogP contribution in [0.3, 0.4) is 0 Å². The molecule has 0 amide bonds. The predicted octanol–water partition coefficient (Wildman–Crippen LogP) is 0.918. The number of hydrogen-bond acceptors (Lipinski definition) is 6. The van der Waals surface area contributed by atoms with E-state index < -0.39 is 0 Å². The number of nitrogens with zero attached hydrogens (tertiary/aromatic N) is 2. The summed E-state index contributed by atoms with van der Waals surface area (Å²) in [6.07, 6.45) is 2.66. The summed E-state index contributed by atoms with van der Waals surface area (Å²) in [5.41, 5.74) is 3.09. The topological polar surface area (TPSA) is 80.6 Å². The van der Waals surface area contributed by atoms with Crippen LogP contribution >= 0.6 is 0 Å². The van der Waals surface area contributed by atoms with Crippen LogP contribution in [0.15, 0.2) is 24.4 Å². The molecule has 0 bridgehead atoms. The standard InChI is InChI=1S/C19H26N4O3/c1-23-12-15(10-20-8-14-9-21-11-16(14)24)19(22-23)13-3-4-17-18(7-13)26-6-2-5-25-17/h3-4,7,12,14,16,20-21,24H,2,5-6,8-11H2,1H3. The summed E-state index contributed by atoms with van der Waals surface area (Å²) in [4.78, 5) is 0. The number of rotatable bonds is 5. The van der Waals surface area contributed by atoms with Gasteiger partial charge in [0.1, 0.15) is 0 Å². The van der Waals surface area contributed by atoms with Gasteiger partial charge >= 0.3 is 0 Å². The molecule has 0 saturated carbocycles. The fraction of sp³-hybridized carbons (Fsp3) is 0.526. The molecule has 7 heteroatoms. The largest absolute Gasteiger partial charge is 0.490 e. The Labute approximate surface area is 153 Å². The molecule has 2 unspecified atom stereocenters. The van der Waals surface area contributed by atoms with Crippen LogP contribution in [0.25, 0.3) is 11.3 Å². The Hall–Kier alpha value is -2.09. The Morgan fingerprint density at radius 2 is 2.12 bits per heavy atom. The van der Waals surface area contributed by atoms with Crippen molar-refractivity contribution in [3.05, 3.63) is 30.0 Å². The van der Waals surface area contributed by atoms with Crippen LogP contribution in [0.4, 0.5) is 0 Å². The Morgan fingerprint density at radius 3 is 2.92 bits per heavy atom. The lowest BCUT2D eigenvalue weighted by Crippen LogP contribution is -2.30. The molecule has 3 N–H and O–H groups in total. The number of aryl methyl sites for hydroxylation is 1. The average Bonchev–Trinajstić information content (AvgIpc) is 3.12. The third-order valence-corrected chi connectivity index (χ3v) is 4.95. The third kappa shape index (κ3) is 3.70. The van der Waals surface area contributed by atoms with Gasteiger partial charge in [-0.2, -0.15) is 5.10 Å². The first-order valence-corrected chi connectivity index (χ1v) is 9.23. The molecule has 0 spiro atoms. The third-order valence-electron chi connectivity index (χ3n) is 4.95. The minimum Gasteiger partial charge on any atom is -0.490 e. The van der Waals surface area contributed by atoms with Crippen LogP contribution in [0.5, 0.6) is 11.5 Å². The van der Waals surface area contributed by atoms with E-state index in [0.717, 1.165) is 47.8 Å². The summed E-state index contributed by atoms with van der Waals surface area (Å²) in [7, 11) is 1.93. The van der Waals surface area contributed by atoms with Gasteiger partial charge in [0.25, 0.3) is 0 Å². The van der Waals surface area contributed by atoms with Gasteiger partial charge in [0, 0.05) is 62.9 Å². The molecule has 7 nitrogen and oxygen atoms in total. The van der Waals surface area contributed by atoms with Crippen molar-refractivity contribution in [2.75, 3.05) is 32.8 Å². The van der Waals surface area contributed by atoms with Crippen molar-refractivity contribution in [2.45, 2.75) is 19.1 Å². The number of β-amino-alcohol motifs (C(OH)–C–C–N with tert-alkyl or cyclic N) is 1. The number of aliphatic hydroxyl groups excluding tert-OH is 1. The van der Waals surface area contributed by atoms with Gasteiger partial charge < -0.3 is 25.2 Å². The van der Waals surface area contributed by atoms with Gasteiger partial charge in [-0.1, -0.05) is 0 Å². The van der Waals surface area contributed by atoms with Gasteiger partial charge in [-0.3, -0.25) is 4.68 Å². The highest BCUT2D eigenvalue weighted by atomic mass is 16.5. The molecule has 0 aliphatic carbocycles. The van der Waals surface area contributed by atoms with E-state index in [2.05, 4.69) is 15.7 Å². The fourth-order valence-corrected chi connectivity index (χ4v) is 3.54. The number of aliphatic hydroxyl groups is 1. The van der Waals surface area contributed by atoms with Crippen LogP contribution in [0.1, 0.15) is 12.0 Å². The van der Waals surface area contributed by atoms with Gasteiger partial charge in [0.15, 0.2) is 11.5 Å². The second kappa shape index (κ2) is 7.65. The highest BCUT2D eigenvalue weighted by molar-refractivity contribution is 5.66. The molecule has 140 valence electrons. The van der Waals surface area contributed by atoms with Crippen molar-refractivity contribution >= 4 is 0 Å². The molecule has 2 aliphatic rings. The number of aromatic nitrogens is 2. The van der Waals surface area contributed by atoms with Crippen molar-refractivity contribution in [3.8, 4) is 22.8 Å². The second-order valence-corrected chi connectivity index (χ2v) is 7.01. The van der Waals surface area contributed by atoms with Crippen molar-refractivity contribution in [3.63, 3.8) is 0 Å². The van der Waals surface area contributed by atoms with E-state index in [9.17, 15) is 5.11 Å². The molecule has 26 heavy (non-hydrogen) atoms. The highest BCUT2D eigenvalue weighted by Gasteiger charge is 2.24. The molecule has 2 atom stereocenters. The Bertz CT molecular complexity index is 761. The Kier molecular flexibility index (Phi) is 5.10. The minimum absolute atomic E-state index is 0.258. The number of ether oxygens (including phenoxy) is 2. The molecule has 4 rings (SSSR count). The smallest absolute Gasteiger partial charge is 0.161 e. The molecule has 2 aliphatic heterocycles. The normalized spacial score (nSPS) is 22.4. The molecule has 1 saturated heterocycles. The van der Waals surface area contributed by atoms with Crippen LogP contribution in [-0.4, -0.2) is 53.8 Å². The fourth-order valence-electron chi connectivity index (χ4n) is 3.54. The molecule has 1 fully saturated rings. The SMILES string of the molecule is Cn1cc(CNCC2CNCC2O)c(-c2ccc3c(c2)OCCCO3)n1. The predicted molar refractivity (Wildman–Crippen MR) is 98.3 cm³/mol. The van der Waals surface area contributed by atoms with Gasteiger partial charge in [0.2, 0.25) is 0 Å². The summed E-state index contributed by atoms with van der Waals surface area (Å²) >= 11 is 0. The van der Waals surface area contributed by atoms with E-state index in [-0.39, 0.29) is 12.0 Å². The second-order valence-electron chi connectivity index (χ2n) is 7.01. The van der Waals surface area contributed by atoms with E-state index >= 15 is 0 Å². The van der Waals surface area contributed by atoms with Crippen LogP contribution in [0.2, 0.25) is 0 Å². The summed E-state index contributed by atoms with van der Waals surface area (Å²) in [6, 6.07) is 6.00. The first-order valence-electron chi connectivity index (χ1n) is 9.23. The average molecular weight is 358 g/mol. The molecule has 1 aromatic carbocycles. The zero-order valence-electron chi connectivity index (χ0n) is 15.1. The monoisotopic (exact) mass is 358 g/mol. The Balaban J connectivity index is 1.49. The van der Waals surface area contributed by atoms with Crippen molar-refractivity contribution < 1.29 is 14.6 Å². The van der Waals surface area contributed by atoms with Crippen molar-refractivity contribution in [1.29, 1.82) is 0 Å². The molecular weight excluding hydrogens is 332 g/mol. The van der Waals surface area contributed by atoms with Gasteiger partial charge in [-0.15, -0.1) is 0 Å². The summed E-state index contributed by atoms with van der Waals surface area (Å²) in [5.74, 6) is 1.84. The zero-order valence-corrected chi connectivity index (χ0v) is 15.1. The molecule has 2 aromatic rings. The van der Waals surface area contributed by atoms with E-state index in [1.54, 1.807) is 0 Å². The maximum atomic E-state index is 9.91. The molecule has 0 radical (unpaired) electrons. The summed E-state index contributed by atoms with van der Waals surface area (Å²) in [5, 5.41) is 21.2. The van der Waals surface area contributed by atoms with Gasteiger partial charge in [-0.25, -0.2) is 0 Å². The number of hydrogen-bond donors (Lipinski definition) is 3. The molecule has 3 heterocycles. The van der Waals surface area contributed by atoms with Gasteiger partial charge in [-0.05, 0) is 18.2 Å². The first kappa shape index (κ1) is 17.3. The lowest BCUT2D eigenvalue weighted by atomic mass is 10.1. The molecular formula is C19H26N4O3. The number of nitrogens with one attached hydrogen (secondary N) is 2. The number of fused-ring (bicyclic) bond motifs is 1. The quantitative estimate of drug-likeness (QED) is 0.738. The first-order chi connectivity index (χ1) is 12.7. The highest BCUT2D eigenvalue weighted by Crippen LogP contribution is 2.34. The number of benzene rings is 1. The lowest BCUT2D eigenvalue weighted by molar-refractivity contribution is 0.146. The van der Waals surface area contributed by atoms with Crippen molar-refractivity contribution in [1.82, 2.24) is 20.4 Å². The van der Waals surface area contributed by atoms with E-state index in [0.29, 0.717) is 26.3 Å². The summed E-state index contributed by atoms with van der Waals surface area (Å²) in [6.45, 7) is 4.39. The van der Waals surface area contributed by atoms with Crippen LogP contribution in [-0.2, 0) is 13.6 Å². The maximum absolute atomic E-state index is 9.91. The van der Waals surface area contributed by atoms with Crippen LogP contribution in [0, 0.1) is 5.92 Å². The summed E-state index contributed by atoms with van der Waals surface area (Å²) < 4.78 is 13.4.